The number of likely N-dealkylation sites (tertiary alicyclic amines) is 1. The largest absolute Gasteiger partial charge is 0.478 e. The van der Waals surface area contributed by atoms with Crippen LogP contribution >= 0.6 is 0 Å². The Morgan fingerprint density at radius 2 is 1.95 bits per heavy atom. The number of carboxylic acids is 1. The lowest BCUT2D eigenvalue weighted by Gasteiger charge is -2.39. The Morgan fingerprint density at radius 3 is 2.45 bits per heavy atom. The molecule has 0 atom stereocenters. The van der Waals surface area contributed by atoms with Crippen molar-refractivity contribution in [1.82, 2.24) is 4.90 Å². The Balaban J connectivity index is 2.16. The van der Waals surface area contributed by atoms with Crippen molar-refractivity contribution in [3.8, 4) is 0 Å². The summed E-state index contributed by atoms with van der Waals surface area (Å²) in [4.78, 5) is 13.6. The van der Waals surface area contributed by atoms with E-state index in [1.807, 2.05) is 13.0 Å². The third kappa shape index (κ3) is 3.68. The van der Waals surface area contributed by atoms with Crippen LogP contribution in [0.15, 0.2) is 18.2 Å². The number of aryl methyl sites for hydroxylation is 1. The number of hydrogen-bond donors (Lipinski definition) is 2. The van der Waals surface area contributed by atoms with E-state index in [9.17, 15) is 15.0 Å². The van der Waals surface area contributed by atoms with Gasteiger partial charge >= 0.3 is 5.97 Å². The monoisotopic (exact) mass is 305 g/mol. The van der Waals surface area contributed by atoms with Crippen LogP contribution < -0.4 is 0 Å². The van der Waals surface area contributed by atoms with Crippen molar-refractivity contribution < 1.29 is 15.0 Å². The third-order valence-corrected chi connectivity index (χ3v) is 4.56. The van der Waals surface area contributed by atoms with E-state index in [-0.39, 0.29) is 0 Å². The molecule has 0 unspecified atom stereocenters. The van der Waals surface area contributed by atoms with Crippen LogP contribution in [0.3, 0.4) is 0 Å². The Bertz CT molecular complexity index is 531. The van der Waals surface area contributed by atoms with Crippen LogP contribution in [0.2, 0.25) is 0 Å². The van der Waals surface area contributed by atoms with Gasteiger partial charge in [-0.3, -0.25) is 0 Å². The number of carbonyl (C=O) groups is 1. The molecule has 4 heteroatoms. The maximum atomic E-state index is 11.2. The molecule has 0 aliphatic carbocycles. The van der Waals surface area contributed by atoms with Gasteiger partial charge in [0.25, 0.3) is 0 Å². The van der Waals surface area contributed by atoms with Gasteiger partial charge in [0.1, 0.15) is 0 Å². The third-order valence-electron chi connectivity index (χ3n) is 4.56. The minimum atomic E-state index is -0.901. The van der Waals surface area contributed by atoms with Crippen LogP contribution in [-0.2, 0) is 12.0 Å². The van der Waals surface area contributed by atoms with Gasteiger partial charge in [-0.2, -0.15) is 0 Å². The molecule has 1 aliphatic heterocycles. The Hall–Kier alpha value is -1.39. The summed E-state index contributed by atoms with van der Waals surface area (Å²) >= 11 is 0. The first-order valence-corrected chi connectivity index (χ1v) is 8.17. The topological polar surface area (TPSA) is 60.8 Å². The molecule has 1 heterocycles. The van der Waals surface area contributed by atoms with Crippen LogP contribution in [0.5, 0.6) is 0 Å². The minimum absolute atomic E-state index is 0.340. The van der Waals surface area contributed by atoms with Crippen molar-refractivity contribution in [2.75, 3.05) is 19.6 Å². The molecule has 0 radical (unpaired) electrons. The molecule has 122 valence electrons. The molecule has 1 aliphatic rings. The number of nitrogens with zero attached hydrogens (tertiary/aromatic N) is 1. The SMILES string of the molecule is CCc1cc(C2(O)CCN(CC(C)C)CC2)ccc1C(=O)O. The summed E-state index contributed by atoms with van der Waals surface area (Å²) < 4.78 is 0. The van der Waals surface area contributed by atoms with E-state index in [2.05, 4.69) is 18.7 Å². The second-order valence-corrected chi connectivity index (χ2v) is 6.76. The first kappa shape index (κ1) is 17.0. The van der Waals surface area contributed by atoms with Crippen molar-refractivity contribution in [2.24, 2.45) is 5.92 Å². The fourth-order valence-electron chi connectivity index (χ4n) is 3.29. The zero-order valence-electron chi connectivity index (χ0n) is 13.8. The average Bonchev–Trinajstić information content (AvgIpc) is 2.48. The first-order chi connectivity index (χ1) is 10.4. The molecule has 0 bridgehead atoms. The summed E-state index contributed by atoms with van der Waals surface area (Å²) in [7, 11) is 0. The van der Waals surface area contributed by atoms with E-state index in [4.69, 9.17) is 0 Å². The molecular formula is C18H27NO3. The molecule has 2 rings (SSSR count). The van der Waals surface area contributed by atoms with E-state index in [0.29, 0.717) is 30.7 Å². The second kappa shape index (κ2) is 6.80. The average molecular weight is 305 g/mol. The highest BCUT2D eigenvalue weighted by Crippen LogP contribution is 2.34. The van der Waals surface area contributed by atoms with E-state index in [1.165, 1.54) is 0 Å². The van der Waals surface area contributed by atoms with Gasteiger partial charge in [0, 0.05) is 19.6 Å². The highest BCUT2D eigenvalue weighted by atomic mass is 16.4. The predicted molar refractivity (Wildman–Crippen MR) is 87.2 cm³/mol. The van der Waals surface area contributed by atoms with Crippen LogP contribution in [0.1, 0.15) is 55.1 Å². The lowest BCUT2D eigenvalue weighted by molar-refractivity contribution is -0.0280. The molecule has 1 aromatic carbocycles. The summed E-state index contributed by atoms with van der Waals surface area (Å²) in [5.41, 5.74) is 1.17. The van der Waals surface area contributed by atoms with Gasteiger partial charge in [-0.05, 0) is 42.4 Å². The van der Waals surface area contributed by atoms with Crippen LogP contribution in [0, 0.1) is 5.92 Å². The minimum Gasteiger partial charge on any atom is -0.478 e. The van der Waals surface area contributed by atoms with Gasteiger partial charge in [-0.1, -0.05) is 32.9 Å². The zero-order valence-corrected chi connectivity index (χ0v) is 13.8. The highest BCUT2D eigenvalue weighted by molar-refractivity contribution is 5.89. The zero-order chi connectivity index (χ0) is 16.3. The first-order valence-electron chi connectivity index (χ1n) is 8.17. The number of aliphatic hydroxyl groups is 1. The summed E-state index contributed by atoms with van der Waals surface area (Å²) in [5, 5.41) is 20.2. The second-order valence-electron chi connectivity index (χ2n) is 6.76. The van der Waals surface area contributed by atoms with Gasteiger partial charge in [-0.15, -0.1) is 0 Å². The number of aromatic carboxylic acids is 1. The number of piperidine rings is 1. The Labute approximate surface area is 132 Å². The van der Waals surface area contributed by atoms with Gasteiger partial charge in [0.2, 0.25) is 0 Å². The molecule has 1 fully saturated rings. The molecular weight excluding hydrogens is 278 g/mol. The standard InChI is InChI=1S/C18H27NO3/c1-4-14-11-15(5-6-16(14)17(20)21)18(22)7-9-19(10-8-18)12-13(2)3/h5-6,11,13,22H,4,7-10,12H2,1-3H3,(H,20,21). The molecule has 0 amide bonds. The van der Waals surface area contributed by atoms with E-state index >= 15 is 0 Å². The molecule has 22 heavy (non-hydrogen) atoms. The molecule has 4 nitrogen and oxygen atoms in total. The lowest BCUT2D eigenvalue weighted by Crippen LogP contribution is -2.43. The van der Waals surface area contributed by atoms with Crippen LogP contribution in [0.4, 0.5) is 0 Å². The summed E-state index contributed by atoms with van der Waals surface area (Å²) in [6.45, 7) is 9.20. The summed E-state index contributed by atoms with van der Waals surface area (Å²) in [5.74, 6) is -0.269. The van der Waals surface area contributed by atoms with Crippen molar-refractivity contribution in [3.63, 3.8) is 0 Å². The van der Waals surface area contributed by atoms with E-state index in [1.54, 1.807) is 12.1 Å². The number of rotatable bonds is 5. The maximum absolute atomic E-state index is 11.2. The lowest BCUT2D eigenvalue weighted by atomic mass is 9.82. The Kier molecular flexibility index (Phi) is 5.24. The molecule has 1 saturated heterocycles. The number of carboxylic acid groups (broad SMARTS) is 1. The highest BCUT2D eigenvalue weighted by Gasteiger charge is 2.34. The normalized spacial score (nSPS) is 18.6. The number of benzene rings is 1. The quantitative estimate of drug-likeness (QED) is 0.878. The molecule has 0 aromatic heterocycles. The van der Waals surface area contributed by atoms with Crippen LogP contribution in [0.25, 0.3) is 0 Å². The van der Waals surface area contributed by atoms with Crippen molar-refractivity contribution in [1.29, 1.82) is 0 Å². The number of hydrogen-bond acceptors (Lipinski definition) is 3. The van der Waals surface area contributed by atoms with Crippen molar-refractivity contribution >= 4 is 5.97 Å². The fourth-order valence-corrected chi connectivity index (χ4v) is 3.29. The predicted octanol–water partition coefficient (Wildman–Crippen LogP) is 2.89. The Morgan fingerprint density at radius 1 is 1.32 bits per heavy atom. The summed E-state index contributed by atoms with van der Waals surface area (Å²) in [6.07, 6.45) is 2.07. The molecule has 0 spiro atoms. The van der Waals surface area contributed by atoms with Gasteiger partial charge in [0.15, 0.2) is 0 Å². The van der Waals surface area contributed by atoms with Crippen molar-refractivity contribution in [2.45, 2.75) is 45.6 Å². The van der Waals surface area contributed by atoms with Crippen molar-refractivity contribution in [3.05, 3.63) is 34.9 Å². The fraction of sp³-hybridized carbons (Fsp3) is 0.611. The summed E-state index contributed by atoms with van der Waals surface area (Å²) in [6, 6.07) is 5.29. The van der Waals surface area contributed by atoms with E-state index < -0.39 is 11.6 Å². The van der Waals surface area contributed by atoms with Gasteiger partial charge in [-0.25, -0.2) is 4.79 Å². The van der Waals surface area contributed by atoms with E-state index in [0.717, 1.165) is 30.8 Å². The molecule has 2 N–H and O–H groups in total. The smallest absolute Gasteiger partial charge is 0.335 e. The van der Waals surface area contributed by atoms with Gasteiger partial charge < -0.3 is 15.1 Å². The maximum Gasteiger partial charge on any atom is 0.335 e. The molecule has 0 saturated carbocycles. The van der Waals surface area contributed by atoms with Crippen LogP contribution in [-0.4, -0.2) is 40.7 Å². The molecule has 1 aromatic rings. The van der Waals surface area contributed by atoms with Gasteiger partial charge in [0.05, 0.1) is 11.2 Å².